The molecule has 0 bridgehead atoms. The van der Waals surface area contributed by atoms with Crippen LogP contribution < -0.4 is 5.73 Å². The van der Waals surface area contributed by atoms with E-state index in [4.69, 9.17) is 10.8 Å². The van der Waals surface area contributed by atoms with Crippen molar-refractivity contribution in [3.63, 3.8) is 0 Å². The molecule has 1 atom stereocenters. The number of benzene rings is 1. The quantitative estimate of drug-likeness (QED) is 0.772. The number of nitrogens with two attached hydrogens (primary N) is 1. The molecule has 0 fully saturated rings. The molecule has 1 aromatic carbocycles. The van der Waals surface area contributed by atoms with Crippen molar-refractivity contribution >= 4 is 25.6 Å². The summed E-state index contributed by atoms with van der Waals surface area (Å²) in [6.45, 7) is 0. The predicted molar refractivity (Wildman–Crippen MR) is 67.2 cm³/mol. The fraction of sp³-hybridized carbons (Fsp3) is 0.300. The third kappa shape index (κ3) is 3.31. The Morgan fingerprint density at radius 3 is 2.05 bits per heavy atom. The Morgan fingerprint density at radius 1 is 1.16 bits per heavy atom. The normalized spacial score (nSPS) is 14.1. The molecule has 0 aromatic heterocycles. The average molecular weight is 307 g/mol. The van der Waals surface area contributed by atoms with Crippen molar-refractivity contribution in [2.45, 2.75) is 15.8 Å². The van der Waals surface area contributed by atoms with Gasteiger partial charge in [-0.3, -0.25) is 4.79 Å². The zero-order valence-electron chi connectivity index (χ0n) is 10.2. The lowest BCUT2D eigenvalue weighted by Gasteiger charge is -2.14. The van der Waals surface area contributed by atoms with Crippen molar-refractivity contribution in [3.8, 4) is 0 Å². The molecule has 0 saturated heterocycles. The van der Waals surface area contributed by atoms with Gasteiger partial charge in [0.05, 0.1) is 9.79 Å². The first-order valence-corrected chi connectivity index (χ1v) is 8.76. The van der Waals surface area contributed by atoms with Gasteiger partial charge >= 0.3 is 5.97 Å². The molecule has 0 amide bonds. The van der Waals surface area contributed by atoms with E-state index in [1.54, 1.807) is 0 Å². The SMILES string of the molecule is CS(=O)(=O)c1cccc(C(N)C(=O)O)c1S(C)(=O)=O. The van der Waals surface area contributed by atoms with E-state index in [0.29, 0.717) is 0 Å². The van der Waals surface area contributed by atoms with Crippen molar-refractivity contribution < 1.29 is 26.7 Å². The molecule has 0 aliphatic rings. The molecule has 3 N–H and O–H groups in total. The van der Waals surface area contributed by atoms with Gasteiger partial charge in [0.2, 0.25) is 0 Å². The summed E-state index contributed by atoms with van der Waals surface area (Å²) in [6.07, 6.45) is 1.64. The third-order valence-electron chi connectivity index (χ3n) is 2.38. The lowest BCUT2D eigenvalue weighted by Crippen LogP contribution is -2.24. The molecule has 1 rings (SSSR count). The Labute approximate surface area is 110 Å². The molecule has 0 aliphatic carbocycles. The lowest BCUT2D eigenvalue weighted by molar-refractivity contribution is -0.138. The second kappa shape index (κ2) is 4.91. The number of sulfone groups is 2. The molecular formula is C10H13NO6S2. The van der Waals surface area contributed by atoms with Gasteiger partial charge in [-0.25, -0.2) is 16.8 Å². The van der Waals surface area contributed by atoms with Gasteiger partial charge < -0.3 is 10.8 Å². The highest BCUT2D eigenvalue weighted by atomic mass is 32.2. The summed E-state index contributed by atoms with van der Waals surface area (Å²) in [4.78, 5) is 9.85. The number of rotatable bonds is 4. The minimum atomic E-state index is -3.95. The molecule has 0 aliphatic heterocycles. The monoisotopic (exact) mass is 307 g/mol. The van der Waals surface area contributed by atoms with Gasteiger partial charge in [-0.05, 0) is 11.6 Å². The summed E-state index contributed by atoms with van der Waals surface area (Å²) in [5.41, 5.74) is 5.14. The first kappa shape index (κ1) is 15.6. The van der Waals surface area contributed by atoms with Crippen LogP contribution >= 0.6 is 0 Å². The van der Waals surface area contributed by atoms with Crippen LogP contribution in [0.3, 0.4) is 0 Å². The molecule has 0 saturated carbocycles. The van der Waals surface area contributed by atoms with Gasteiger partial charge in [0, 0.05) is 12.5 Å². The van der Waals surface area contributed by atoms with Gasteiger partial charge in [-0.1, -0.05) is 12.1 Å². The van der Waals surface area contributed by atoms with Crippen LogP contribution in [0.1, 0.15) is 11.6 Å². The summed E-state index contributed by atoms with van der Waals surface area (Å²) < 4.78 is 46.7. The minimum Gasteiger partial charge on any atom is -0.480 e. The number of aliphatic carboxylic acids is 1. The van der Waals surface area contributed by atoms with E-state index in [9.17, 15) is 21.6 Å². The van der Waals surface area contributed by atoms with Crippen molar-refractivity contribution in [1.82, 2.24) is 0 Å². The van der Waals surface area contributed by atoms with Crippen LogP contribution in [-0.2, 0) is 24.5 Å². The fourth-order valence-electron chi connectivity index (χ4n) is 1.60. The molecule has 7 nitrogen and oxygen atoms in total. The van der Waals surface area contributed by atoms with Crippen molar-refractivity contribution in [2.75, 3.05) is 12.5 Å². The zero-order chi connectivity index (χ0) is 15.0. The van der Waals surface area contributed by atoms with Crippen LogP contribution in [0.15, 0.2) is 28.0 Å². The maximum absolute atomic E-state index is 11.7. The minimum absolute atomic E-state index is 0.252. The summed E-state index contributed by atoms with van der Waals surface area (Å²) in [7, 11) is -7.77. The highest BCUT2D eigenvalue weighted by Gasteiger charge is 2.28. The van der Waals surface area contributed by atoms with Gasteiger partial charge in [-0.2, -0.15) is 0 Å². The van der Waals surface area contributed by atoms with Crippen LogP contribution in [-0.4, -0.2) is 40.4 Å². The Morgan fingerprint density at radius 2 is 1.68 bits per heavy atom. The molecule has 0 spiro atoms. The maximum atomic E-state index is 11.7. The van der Waals surface area contributed by atoms with Crippen molar-refractivity contribution in [3.05, 3.63) is 23.8 Å². The van der Waals surface area contributed by atoms with Crippen molar-refractivity contribution in [2.24, 2.45) is 5.73 Å². The zero-order valence-corrected chi connectivity index (χ0v) is 11.8. The summed E-state index contributed by atoms with van der Waals surface area (Å²) in [6, 6.07) is 1.92. The van der Waals surface area contributed by atoms with Gasteiger partial charge in [0.25, 0.3) is 0 Å². The molecule has 0 heterocycles. The maximum Gasteiger partial charge on any atom is 0.325 e. The van der Waals surface area contributed by atoms with E-state index in [2.05, 4.69) is 0 Å². The van der Waals surface area contributed by atoms with Crippen LogP contribution in [0.25, 0.3) is 0 Å². The van der Waals surface area contributed by atoms with Crippen LogP contribution in [0.2, 0.25) is 0 Å². The second-order valence-corrected chi connectivity index (χ2v) is 7.97. The number of carboxylic acid groups (broad SMARTS) is 1. The topological polar surface area (TPSA) is 132 Å². The molecule has 1 unspecified atom stereocenters. The molecular weight excluding hydrogens is 294 g/mol. The Kier molecular flexibility index (Phi) is 4.03. The Balaban J connectivity index is 3.83. The van der Waals surface area contributed by atoms with Crippen molar-refractivity contribution in [1.29, 1.82) is 0 Å². The largest absolute Gasteiger partial charge is 0.480 e. The Hall–Kier alpha value is -1.45. The first-order chi connectivity index (χ1) is 8.46. The predicted octanol–water partition coefficient (Wildman–Crippen LogP) is -0.422. The Bertz CT molecular complexity index is 720. The van der Waals surface area contributed by atoms with Gasteiger partial charge in [0.15, 0.2) is 19.7 Å². The molecule has 19 heavy (non-hydrogen) atoms. The molecule has 0 radical (unpaired) electrons. The fourth-order valence-corrected chi connectivity index (χ4v) is 4.34. The van der Waals surface area contributed by atoms with Gasteiger partial charge in [-0.15, -0.1) is 0 Å². The second-order valence-electron chi connectivity index (χ2n) is 4.03. The summed E-state index contributed by atoms with van der Waals surface area (Å²) in [5, 5.41) is 8.85. The van der Waals surface area contributed by atoms with Crippen LogP contribution in [0, 0.1) is 0 Å². The molecule has 1 aromatic rings. The van der Waals surface area contributed by atoms with Gasteiger partial charge in [0.1, 0.15) is 6.04 Å². The number of carbonyl (C=O) groups is 1. The number of hydrogen-bond donors (Lipinski definition) is 2. The molecule has 9 heteroatoms. The smallest absolute Gasteiger partial charge is 0.325 e. The highest BCUT2D eigenvalue weighted by molar-refractivity contribution is 7.93. The van der Waals surface area contributed by atoms with E-state index in [0.717, 1.165) is 18.6 Å². The van der Waals surface area contributed by atoms with E-state index in [1.807, 2.05) is 0 Å². The van der Waals surface area contributed by atoms with E-state index in [1.165, 1.54) is 12.1 Å². The van der Waals surface area contributed by atoms with E-state index >= 15 is 0 Å². The third-order valence-corrected chi connectivity index (χ3v) is 4.85. The average Bonchev–Trinajstić information content (AvgIpc) is 2.24. The van der Waals surface area contributed by atoms with Crippen LogP contribution in [0.4, 0.5) is 0 Å². The number of hydrogen-bond acceptors (Lipinski definition) is 6. The van der Waals surface area contributed by atoms with E-state index < -0.39 is 41.5 Å². The summed E-state index contributed by atoms with van der Waals surface area (Å²) in [5.74, 6) is -1.45. The highest BCUT2D eigenvalue weighted by Crippen LogP contribution is 2.28. The molecule has 106 valence electrons. The lowest BCUT2D eigenvalue weighted by atomic mass is 10.1. The summed E-state index contributed by atoms with van der Waals surface area (Å²) >= 11 is 0. The number of carboxylic acids is 1. The van der Waals surface area contributed by atoms with E-state index in [-0.39, 0.29) is 5.56 Å². The standard InChI is InChI=1S/C10H13NO6S2/c1-18(14,15)7-5-3-4-6(8(11)10(12)13)9(7)19(2,16)17/h3-5,8H,11H2,1-2H3,(H,12,13). The van der Waals surface area contributed by atoms with Crippen LogP contribution in [0.5, 0.6) is 0 Å². The first-order valence-electron chi connectivity index (χ1n) is 4.97.